The third kappa shape index (κ3) is 7.79. The number of sulfonamides is 1. The summed E-state index contributed by atoms with van der Waals surface area (Å²) in [5.74, 6) is -9.39. The summed E-state index contributed by atoms with van der Waals surface area (Å²) in [4.78, 5) is 34.1. The van der Waals surface area contributed by atoms with Gasteiger partial charge >= 0.3 is 0 Å². The lowest BCUT2D eigenvalue weighted by Crippen LogP contribution is -2.38. The molecule has 0 saturated heterocycles. The Kier molecular flexibility index (Phi) is 10.4. The van der Waals surface area contributed by atoms with E-state index in [1.807, 2.05) is 0 Å². The molecule has 1 fully saturated rings. The Hall–Kier alpha value is -6.26. The number of nitrogens with one attached hydrogen (secondary N) is 2. The highest BCUT2D eigenvalue weighted by molar-refractivity contribution is 7.92. The molecule has 3 atom stereocenters. The van der Waals surface area contributed by atoms with E-state index in [-0.39, 0.29) is 72.2 Å². The number of hydrogen-bond acceptors (Lipinski definition) is 9. The predicted octanol–water partition coefficient (Wildman–Crippen LogP) is 7.09. The summed E-state index contributed by atoms with van der Waals surface area (Å²) in [6.07, 6.45) is -1.90. The molecular weight excluding hydrogens is 926 g/mol. The molecule has 1 amide bonds. The number of sulfone groups is 1. The smallest absolute Gasteiger partial charge is 0.293 e. The monoisotopic (exact) mass is 958 g/mol. The topological polar surface area (TPSA) is 180 Å². The Bertz CT molecular complexity index is 3450. The molecule has 14 nitrogen and oxygen atoms in total. The highest BCUT2D eigenvalue weighted by atomic mass is 35.5. The van der Waals surface area contributed by atoms with E-state index in [2.05, 4.69) is 20.2 Å². The van der Waals surface area contributed by atoms with Crippen LogP contribution in [0.1, 0.15) is 53.1 Å². The van der Waals surface area contributed by atoms with Gasteiger partial charge in [0, 0.05) is 42.8 Å². The quantitative estimate of drug-likeness (QED) is 0.121. The maximum Gasteiger partial charge on any atom is 0.293 e. The predicted molar refractivity (Wildman–Crippen MR) is 227 cm³/mol. The van der Waals surface area contributed by atoms with Crippen LogP contribution in [-0.4, -0.2) is 64.4 Å². The highest BCUT2D eigenvalue weighted by Gasteiger charge is 2.67. The average Bonchev–Trinajstić information content (AvgIpc) is 3.75. The Morgan fingerprint density at radius 2 is 1.68 bits per heavy atom. The normalized spacial score (nSPS) is 17.1. The first kappa shape index (κ1) is 44.0. The summed E-state index contributed by atoms with van der Waals surface area (Å²) < 4.78 is 145. The standard InChI is InChI=1S/C42H33ClF6N8O6S2/c1-55-36-30(11-10-27(43)34(36)39(53-55)54-65(3,62)63)57-40(51-28-15-20(8-9-24(28)41(57)59)23-6-4-5-7-31(23)64(2,60)61)29(14-19-12-21(44)16-22(45)13-19)50-32(58)18-56-37-33(35(52-56)38(46)47)25-17-26(25)42(37,48)49/h4-13,15-16,25-26,29,38H,14,17-18H2,1-3H3,(H,50,58)(H,53,54)/t25-,26+,29-/m0/s1. The summed E-state index contributed by atoms with van der Waals surface area (Å²) in [6.45, 7) is -1.03. The van der Waals surface area contributed by atoms with Gasteiger partial charge in [0.1, 0.15) is 35.4 Å². The number of amides is 1. The maximum absolute atomic E-state index is 15.6. The van der Waals surface area contributed by atoms with Crippen LogP contribution in [0.15, 0.2) is 82.5 Å². The zero-order chi connectivity index (χ0) is 46.7. The minimum atomic E-state index is -3.95. The molecule has 0 bridgehead atoms. The van der Waals surface area contributed by atoms with Crippen LogP contribution in [-0.2, 0) is 50.6 Å². The largest absolute Gasteiger partial charge is 0.344 e. The highest BCUT2D eigenvalue weighted by Crippen LogP contribution is 2.68. The van der Waals surface area contributed by atoms with Gasteiger partial charge in [-0.2, -0.15) is 19.0 Å². The molecule has 338 valence electrons. The molecular formula is C42H33ClF6N8O6S2. The molecule has 1 saturated carbocycles. The Balaban J connectivity index is 1.28. The van der Waals surface area contributed by atoms with Gasteiger partial charge in [-0.3, -0.25) is 28.2 Å². The molecule has 2 N–H and O–H groups in total. The molecule has 3 heterocycles. The van der Waals surface area contributed by atoms with Crippen molar-refractivity contribution >= 4 is 65.0 Å². The van der Waals surface area contributed by atoms with Gasteiger partial charge in [0.05, 0.1) is 49.7 Å². The molecule has 2 aliphatic carbocycles. The number of nitrogens with zero attached hydrogens (tertiary/aromatic N) is 6. The Morgan fingerprint density at radius 1 is 0.969 bits per heavy atom. The lowest BCUT2D eigenvalue weighted by atomic mass is 10.0. The zero-order valence-corrected chi connectivity index (χ0v) is 36.3. The van der Waals surface area contributed by atoms with Crippen LogP contribution in [0, 0.1) is 17.6 Å². The minimum absolute atomic E-state index is 0.00928. The molecule has 23 heteroatoms. The van der Waals surface area contributed by atoms with Gasteiger partial charge in [-0.1, -0.05) is 35.9 Å². The number of carbonyl (C=O) groups excluding carboxylic acids is 1. The fourth-order valence-corrected chi connectivity index (χ4v) is 10.4. The van der Waals surface area contributed by atoms with Gasteiger partial charge in [-0.15, -0.1) is 0 Å². The molecule has 9 rings (SSSR count). The summed E-state index contributed by atoms with van der Waals surface area (Å²) in [5, 5.41) is 10.6. The maximum atomic E-state index is 15.6. The van der Waals surface area contributed by atoms with Crippen LogP contribution in [0.2, 0.25) is 5.02 Å². The van der Waals surface area contributed by atoms with Crippen molar-refractivity contribution in [2.45, 2.75) is 48.6 Å². The van der Waals surface area contributed by atoms with E-state index < -0.39 is 97.5 Å². The van der Waals surface area contributed by atoms with Crippen LogP contribution in [0.25, 0.3) is 38.6 Å². The number of benzene rings is 4. The lowest BCUT2D eigenvalue weighted by Gasteiger charge is -2.24. The van der Waals surface area contributed by atoms with Crippen molar-refractivity contribution in [3.05, 3.63) is 128 Å². The first-order valence-corrected chi connectivity index (χ1v) is 23.7. The van der Waals surface area contributed by atoms with Crippen molar-refractivity contribution in [2.75, 3.05) is 17.2 Å². The number of alkyl halides is 4. The molecule has 7 aromatic rings. The fourth-order valence-electron chi connectivity index (χ4n) is 8.78. The lowest BCUT2D eigenvalue weighted by molar-refractivity contribution is -0.123. The van der Waals surface area contributed by atoms with Gasteiger partial charge in [-0.05, 0) is 65.9 Å². The number of halogens is 7. The van der Waals surface area contributed by atoms with E-state index in [1.165, 1.54) is 60.3 Å². The van der Waals surface area contributed by atoms with Gasteiger partial charge in [0.25, 0.3) is 17.9 Å². The third-order valence-electron chi connectivity index (χ3n) is 11.4. The molecule has 0 radical (unpaired) electrons. The summed E-state index contributed by atoms with van der Waals surface area (Å²) in [6, 6.07) is 13.9. The first-order chi connectivity index (χ1) is 30.5. The van der Waals surface area contributed by atoms with Crippen LogP contribution in [0.3, 0.4) is 0 Å². The van der Waals surface area contributed by atoms with Gasteiger partial charge in [-0.25, -0.2) is 39.4 Å². The molecule has 0 spiro atoms. The molecule has 0 unspecified atom stereocenters. The van der Waals surface area contributed by atoms with Crippen molar-refractivity contribution < 1.29 is 48.0 Å². The SMILES string of the molecule is Cn1nc(NS(C)(=O)=O)c2c(Cl)ccc(-n3c([C@H](Cc4cc(F)cc(F)c4)NC(=O)Cn4nc(C(F)F)c5c4C(F)(F)[C@@H]4C[C@H]54)nc4cc(-c5ccccc5S(C)(=O)=O)ccc4c3=O)c21. The number of fused-ring (bicyclic) bond motifs is 5. The van der Waals surface area contributed by atoms with Crippen molar-refractivity contribution in [2.24, 2.45) is 13.0 Å². The van der Waals surface area contributed by atoms with E-state index in [4.69, 9.17) is 16.6 Å². The fraction of sp³-hybridized carbons (Fsp3) is 0.262. The second-order valence-corrected chi connectivity index (χ2v) is 20.2. The van der Waals surface area contributed by atoms with Crippen molar-refractivity contribution in [3.8, 4) is 16.8 Å². The number of hydrogen-bond donors (Lipinski definition) is 2. The van der Waals surface area contributed by atoms with E-state index in [9.17, 15) is 39.2 Å². The molecule has 3 aromatic heterocycles. The van der Waals surface area contributed by atoms with E-state index >= 15 is 13.6 Å². The van der Waals surface area contributed by atoms with Crippen LogP contribution in [0.4, 0.5) is 32.2 Å². The number of carbonyl (C=O) groups is 1. The van der Waals surface area contributed by atoms with E-state index in [0.717, 1.165) is 29.2 Å². The molecule has 65 heavy (non-hydrogen) atoms. The summed E-state index contributed by atoms with van der Waals surface area (Å²) in [5.41, 5.74) is -2.45. The summed E-state index contributed by atoms with van der Waals surface area (Å²) >= 11 is 6.63. The van der Waals surface area contributed by atoms with E-state index in [0.29, 0.717) is 16.3 Å². The molecule has 0 aliphatic heterocycles. The zero-order valence-electron chi connectivity index (χ0n) is 34.0. The van der Waals surface area contributed by atoms with Crippen molar-refractivity contribution in [1.82, 2.24) is 34.4 Å². The number of aromatic nitrogens is 6. The van der Waals surface area contributed by atoms with Crippen molar-refractivity contribution in [3.63, 3.8) is 0 Å². The second-order valence-electron chi connectivity index (χ2n) is 16.0. The van der Waals surface area contributed by atoms with Crippen LogP contribution < -0.4 is 15.6 Å². The Labute approximate surface area is 369 Å². The number of aryl methyl sites for hydroxylation is 1. The Morgan fingerprint density at radius 3 is 2.35 bits per heavy atom. The average molecular weight is 959 g/mol. The van der Waals surface area contributed by atoms with E-state index in [1.54, 1.807) is 6.07 Å². The van der Waals surface area contributed by atoms with Crippen LogP contribution >= 0.6 is 11.6 Å². The minimum Gasteiger partial charge on any atom is -0.344 e. The third-order valence-corrected chi connectivity index (χ3v) is 13.4. The number of anilines is 1. The van der Waals surface area contributed by atoms with Crippen LogP contribution in [0.5, 0.6) is 0 Å². The van der Waals surface area contributed by atoms with Crippen molar-refractivity contribution in [1.29, 1.82) is 0 Å². The second kappa shape index (κ2) is 15.4. The molecule has 2 aliphatic rings. The van der Waals surface area contributed by atoms with Gasteiger partial charge in [0.15, 0.2) is 15.7 Å². The van der Waals surface area contributed by atoms with Gasteiger partial charge < -0.3 is 5.32 Å². The number of rotatable bonds is 12. The van der Waals surface area contributed by atoms with Gasteiger partial charge in [0.2, 0.25) is 15.9 Å². The summed E-state index contributed by atoms with van der Waals surface area (Å²) in [7, 11) is -6.32. The first-order valence-electron chi connectivity index (χ1n) is 19.5. The molecule has 4 aromatic carbocycles.